The number of sulfone groups is 1. The van der Waals surface area contributed by atoms with Crippen LogP contribution in [0.2, 0.25) is 0 Å². The molecule has 1 atom stereocenters. The SMILES string of the molecule is COCC(Cl)CNCCCS(C)(=O)=O. The highest BCUT2D eigenvalue weighted by Crippen LogP contribution is 1.94. The first-order chi connectivity index (χ1) is 6.45. The number of alkyl halides is 1. The van der Waals surface area contributed by atoms with E-state index in [2.05, 4.69) is 5.32 Å². The number of hydrogen-bond donors (Lipinski definition) is 1. The van der Waals surface area contributed by atoms with Gasteiger partial charge in [-0.15, -0.1) is 11.6 Å². The minimum Gasteiger partial charge on any atom is -0.383 e. The van der Waals surface area contributed by atoms with Gasteiger partial charge < -0.3 is 10.1 Å². The molecule has 0 radical (unpaired) electrons. The van der Waals surface area contributed by atoms with E-state index in [0.29, 0.717) is 26.1 Å². The molecule has 1 N–H and O–H groups in total. The maximum atomic E-state index is 10.8. The first-order valence-corrected chi connectivity index (χ1v) is 6.97. The molecule has 0 aromatic heterocycles. The standard InChI is InChI=1S/C8H18ClNO3S/c1-13-7-8(9)6-10-4-3-5-14(2,11)12/h8,10H,3-7H2,1-2H3. The normalized spacial score (nSPS) is 14.2. The molecule has 0 saturated carbocycles. The minimum atomic E-state index is -2.83. The second-order valence-electron chi connectivity index (χ2n) is 3.24. The molecule has 0 aliphatic heterocycles. The van der Waals surface area contributed by atoms with E-state index < -0.39 is 9.84 Å². The van der Waals surface area contributed by atoms with Crippen LogP contribution in [0, 0.1) is 0 Å². The first-order valence-electron chi connectivity index (χ1n) is 4.47. The van der Waals surface area contributed by atoms with Gasteiger partial charge >= 0.3 is 0 Å². The Labute approximate surface area is 90.9 Å². The lowest BCUT2D eigenvalue weighted by molar-refractivity contribution is 0.197. The van der Waals surface area contributed by atoms with Crippen molar-refractivity contribution in [2.24, 2.45) is 0 Å². The van der Waals surface area contributed by atoms with Gasteiger partial charge in [-0.05, 0) is 13.0 Å². The molecule has 6 heteroatoms. The summed E-state index contributed by atoms with van der Waals surface area (Å²) in [5.41, 5.74) is 0. The third-order valence-electron chi connectivity index (χ3n) is 1.58. The monoisotopic (exact) mass is 243 g/mol. The van der Waals surface area contributed by atoms with Gasteiger partial charge in [-0.2, -0.15) is 0 Å². The van der Waals surface area contributed by atoms with Gasteiger partial charge in [0.2, 0.25) is 0 Å². The summed E-state index contributed by atoms with van der Waals surface area (Å²) in [6, 6.07) is 0. The fourth-order valence-corrected chi connectivity index (χ4v) is 1.86. The predicted octanol–water partition coefficient (Wildman–Crippen LogP) is 0.265. The van der Waals surface area contributed by atoms with Crippen LogP contribution >= 0.6 is 11.6 Å². The number of ether oxygens (including phenoxy) is 1. The van der Waals surface area contributed by atoms with Crippen molar-refractivity contribution in [3.05, 3.63) is 0 Å². The van der Waals surface area contributed by atoms with Crippen molar-refractivity contribution in [1.29, 1.82) is 0 Å². The number of rotatable bonds is 8. The summed E-state index contributed by atoms with van der Waals surface area (Å²) in [5, 5.41) is 3.01. The van der Waals surface area contributed by atoms with Gasteiger partial charge in [-0.25, -0.2) is 8.42 Å². The largest absolute Gasteiger partial charge is 0.383 e. The Kier molecular flexibility index (Phi) is 7.54. The van der Waals surface area contributed by atoms with Crippen LogP contribution in [0.1, 0.15) is 6.42 Å². The summed E-state index contributed by atoms with van der Waals surface area (Å²) >= 11 is 5.84. The molecule has 1 unspecified atom stereocenters. The zero-order valence-electron chi connectivity index (χ0n) is 8.62. The van der Waals surface area contributed by atoms with Crippen molar-refractivity contribution in [2.75, 3.05) is 38.8 Å². The van der Waals surface area contributed by atoms with E-state index in [1.165, 1.54) is 6.26 Å². The van der Waals surface area contributed by atoms with Crippen molar-refractivity contribution in [3.63, 3.8) is 0 Å². The van der Waals surface area contributed by atoms with E-state index in [-0.39, 0.29) is 11.1 Å². The molecule has 0 saturated heterocycles. The van der Waals surface area contributed by atoms with Crippen molar-refractivity contribution in [3.8, 4) is 0 Å². The molecule has 0 spiro atoms. The van der Waals surface area contributed by atoms with Gasteiger partial charge in [0.15, 0.2) is 0 Å². The Hall–Kier alpha value is 0.160. The molecule has 14 heavy (non-hydrogen) atoms. The second kappa shape index (κ2) is 7.45. The summed E-state index contributed by atoms with van der Waals surface area (Å²) in [4.78, 5) is 0. The van der Waals surface area contributed by atoms with E-state index >= 15 is 0 Å². The van der Waals surface area contributed by atoms with Gasteiger partial charge in [0.25, 0.3) is 0 Å². The van der Waals surface area contributed by atoms with Crippen LogP contribution in [0.15, 0.2) is 0 Å². The van der Waals surface area contributed by atoms with Gasteiger partial charge in [-0.3, -0.25) is 0 Å². The summed E-state index contributed by atoms with van der Waals surface area (Å²) < 4.78 is 26.4. The Morgan fingerprint density at radius 2 is 2.14 bits per heavy atom. The fraction of sp³-hybridized carbons (Fsp3) is 1.00. The van der Waals surface area contributed by atoms with Crippen molar-refractivity contribution >= 4 is 21.4 Å². The molecule has 0 fully saturated rings. The van der Waals surface area contributed by atoms with Gasteiger partial charge in [-0.1, -0.05) is 0 Å². The highest BCUT2D eigenvalue weighted by atomic mass is 35.5. The lowest BCUT2D eigenvalue weighted by atomic mass is 10.4. The highest BCUT2D eigenvalue weighted by Gasteiger charge is 2.04. The van der Waals surface area contributed by atoms with Crippen LogP contribution < -0.4 is 5.32 Å². The van der Waals surface area contributed by atoms with Crippen LogP contribution in [0.25, 0.3) is 0 Å². The molecule has 0 amide bonds. The van der Waals surface area contributed by atoms with Crippen molar-refractivity contribution in [1.82, 2.24) is 5.32 Å². The summed E-state index contributed by atoms with van der Waals surface area (Å²) in [7, 11) is -1.24. The summed E-state index contributed by atoms with van der Waals surface area (Å²) in [5.74, 6) is 0.219. The van der Waals surface area contributed by atoms with Crippen LogP contribution in [0.5, 0.6) is 0 Å². The molecule has 0 rings (SSSR count). The molecule has 0 heterocycles. The molecular weight excluding hydrogens is 226 g/mol. The van der Waals surface area contributed by atoms with Crippen LogP contribution in [-0.2, 0) is 14.6 Å². The smallest absolute Gasteiger partial charge is 0.147 e. The lowest BCUT2D eigenvalue weighted by Crippen LogP contribution is -2.27. The molecular formula is C8H18ClNO3S. The Morgan fingerprint density at radius 3 is 2.64 bits per heavy atom. The Balaban J connectivity index is 3.30. The van der Waals surface area contributed by atoms with E-state index in [9.17, 15) is 8.42 Å². The average Bonchev–Trinajstić information content (AvgIpc) is 2.02. The number of methoxy groups -OCH3 is 1. The average molecular weight is 244 g/mol. The molecule has 0 aliphatic rings. The first kappa shape index (κ1) is 14.2. The Morgan fingerprint density at radius 1 is 1.50 bits per heavy atom. The van der Waals surface area contributed by atoms with E-state index in [4.69, 9.17) is 16.3 Å². The molecule has 86 valence electrons. The number of nitrogens with one attached hydrogen (secondary N) is 1. The van der Waals surface area contributed by atoms with Crippen LogP contribution in [-0.4, -0.2) is 52.6 Å². The zero-order chi connectivity index (χ0) is 11.0. The van der Waals surface area contributed by atoms with Gasteiger partial charge in [0, 0.05) is 19.9 Å². The van der Waals surface area contributed by atoms with E-state index in [1.807, 2.05) is 0 Å². The van der Waals surface area contributed by atoms with Gasteiger partial charge in [0.05, 0.1) is 17.7 Å². The van der Waals surface area contributed by atoms with Crippen molar-refractivity contribution in [2.45, 2.75) is 11.8 Å². The van der Waals surface area contributed by atoms with E-state index in [1.54, 1.807) is 7.11 Å². The van der Waals surface area contributed by atoms with Gasteiger partial charge in [0.1, 0.15) is 9.84 Å². The summed E-state index contributed by atoms with van der Waals surface area (Å²) in [6.45, 7) is 1.81. The highest BCUT2D eigenvalue weighted by molar-refractivity contribution is 7.90. The minimum absolute atomic E-state index is 0.0572. The maximum absolute atomic E-state index is 10.8. The van der Waals surface area contributed by atoms with E-state index in [0.717, 1.165) is 0 Å². The summed E-state index contributed by atoms with van der Waals surface area (Å²) in [6.07, 6.45) is 1.86. The number of hydrogen-bond acceptors (Lipinski definition) is 4. The fourth-order valence-electron chi connectivity index (χ4n) is 0.958. The lowest BCUT2D eigenvalue weighted by Gasteiger charge is -2.09. The maximum Gasteiger partial charge on any atom is 0.147 e. The molecule has 0 bridgehead atoms. The third kappa shape index (κ3) is 10.2. The van der Waals surface area contributed by atoms with Crippen LogP contribution in [0.3, 0.4) is 0 Å². The molecule has 4 nitrogen and oxygen atoms in total. The quantitative estimate of drug-likeness (QED) is 0.491. The number of halogens is 1. The third-order valence-corrected chi connectivity index (χ3v) is 2.89. The second-order valence-corrected chi connectivity index (χ2v) is 6.12. The van der Waals surface area contributed by atoms with Crippen molar-refractivity contribution < 1.29 is 13.2 Å². The topological polar surface area (TPSA) is 55.4 Å². The molecule has 0 aromatic carbocycles. The van der Waals surface area contributed by atoms with Crippen LogP contribution in [0.4, 0.5) is 0 Å². The molecule has 0 aromatic rings. The molecule has 0 aliphatic carbocycles. The zero-order valence-corrected chi connectivity index (χ0v) is 10.2. The Bertz CT molecular complexity index is 231. The predicted molar refractivity (Wildman–Crippen MR) is 58.7 cm³/mol.